The van der Waals surface area contributed by atoms with E-state index in [2.05, 4.69) is 83.1 Å². The first-order chi connectivity index (χ1) is 28.8. The van der Waals surface area contributed by atoms with Crippen LogP contribution in [0.25, 0.3) is 0 Å². The molecule has 0 atom stereocenters. The van der Waals surface area contributed by atoms with Crippen molar-refractivity contribution in [2.75, 3.05) is 73.9 Å². The average molecular weight is 1030 g/mol. The minimum atomic E-state index is -1.08. The van der Waals surface area contributed by atoms with Crippen molar-refractivity contribution in [1.29, 1.82) is 0 Å². The van der Waals surface area contributed by atoms with Gasteiger partial charge in [0.1, 0.15) is 0 Å². The van der Waals surface area contributed by atoms with E-state index in [1.54, 1.807) is 73.9 Å². The predicted octanol–water partition coefficient (Wildman–Crippen LogP) is 17.0. The normalized spacial score (nSPS) is 10.3. The summed E-state index contributed by atoms with van der Waals surface area (Å²) >= 11 is 0. The van der Waals surface area contributed by atoms with E-state index in [0.717, 1.165) is 13.8 Å². The zero-order valence-electron chi connectivity index (χ0n) is 44.2. The van der Waals surface area contributed by atoms with Gasteiger partial charge in [-0.2, -0.15) is 0 Å². The Labute approximate surface area is 406 Å². The van der Waals surface area contributed by atoms with Gasteiger partial charge < -0.3 is 19.8 Å². The molecule has 0 rings (SSSR count). The number of hydrogen-bond acceptors (Lipinski definition) is 4. The van der Waals surface area contributed by atoms with Crippen LogP contribution in [-0.4, -0.2) is 85.9 Å². The van der Waals surface area contributed by atoms with E-state index in [9.17, 15) is 0 Å². The molecule has 0 saturated carbocycles. The molecule has 4 nitrogen and oxygen atoms in total. The molecule has 0 aromatic carbocycles. The maximum atomic E-state index is 8.89. The zero-order chi connectivity index (χ0) is 46.9. The van der Waals surface area contributed by atoms with Crippen molar-refractivity contribution < 1.29 is 40.2 Å². The van der Waals surface area contributed by atoms with E-state index in [1.165, 1.54) is 154 Å². The molecule has 0 amide bonds. The molecule has 0 aromatic heterocycles. The van der Waals surface area contributed by atoms with Crippen LogP contribution < -0.4 is 10.2 Å². The zero-order valence-corrected chi connectivity index (χ0v) is 49.3. The third-order valence-corrected chi connectivity index (χ3v) is 21.3. The van der Waals surface area contributed by atoms with Gasteiger partial charge in [-0.3, -0.25) is 0 Å². The molecule has 0 radical (unpaired) electrons. The quantitative estimate of drug-likeness (QED) is 0.0463. The Morgan fingerprint density at radius 2 is 0.328 bits per heavy atom. The summed E-state index contributed by atoms with van der Waals surface area (Å²) in [6, 6.07) is 0. The van der Waals surface area contributed by atoms with Crippen LogP contribution >= 0.6 is 31.7 Å². The number of carbonyl (C=O) groups is 2. The van der Waals surface area contributed by atoms with Crippen LogP contribution in [0.4, 0.5) is 0 Å². The Morgan fingerprint density at radius 1 is 0.262 bits per heavy atom. The van der Waals surface area contributed by atoms with E-state index in [-0.39, 0.29) is 20.4 Å². The smallest absolute Gasteiger partial charge is 0.550 e. The van der Waals surface area contributed by atoms with Gasteiger partial charge in [0.05, 0.1) is 0 Å². The maximum absolute atomic E-state index is 8.89. The van der Waals surface area contributed by atoms with E-state index < -0.39 is 11.9 Å². The molecular weight excluding hydrogens is 919 g/mol. The number of rotatable bonds is 36. The molecule has 0 heterocycles. The molecule has 0 aliphatic carbocycles. The number of carboxylic acid groups (broad SMARTS) is 2. The van der Waals surface area contributed by atoms with E-state index in [4.69, 9.17) is 19.8 Å². The van der Waals surface area contributed by atoms with Crippen LogP contribution in [0.1, 0.15) is 251 Å². The molecule has 0 spiro atoms. The molecular formula is C52H114O4P4Pd. The van der Waals surface area contributed by atoms with Crippen LogP contribution in [0.5, 0.6) is 0 Å². The van der Waals surface area contributed by atoms with E-state index in [1.807, 2.05) is 0 Å². The average Bonchev–Trinajstić information content (AvgIpc) is 3.23. The van der Waals surface area contributed by atoms with Crippen LogP contribution in [0, 0.1) is 0 Å². The van der Waals surface area contributed by atoms with Crippen LogP contribution in [0.15, 0.2) is 0 Å². The van der Waals surface area contributed by atoms with E-state index in [0.29, 0.717) is 31.7 Å². The van der Waals surface area contributed by atoms with Gasteiger partial charge in [0.2, 0.25) is 0 Å². The third-order valence-electron chi connectivity index (χ3n) is 9.93. The first kappa shape index (κ1) is 76.6. The molecule has 0 saturated heterocycles. The molecule has 0 aromatic rings. The third kappa shape index (κ3) is 88.7. The summed E-state index contributed by atoms with van der Waals surface area (Å²) < 4.78 is 0. The fourth-order valence-electron chi connectivity index (χ4n) is 5.92. The van der Waals surface area contributed by atoms with E-state index >= 15 is 0 Å². The number of hydrogen-bond donors (Lipinski definition) is 0. The Morgan fingerprint density at radius 3 is 0.377 bits per heavy atom. The van der Waals surface area contributed by atoms with Crippen molar-refractivity contribution in [2.45, 2.75) is 251 Å². The van der Waals surface area contributed by atoms with Gasteiger partial charge in [-0.1, -0.05) is 160 Å². The summed E-state index contributed by atoms with van der Waals surface area (Å²) in [5.41, 5.74) is 0. The van der Waals surface area contributed by atoms with Crippen molar-refractivity contribution in [3.8, 4) is 0 Å². The summed E-state index contributed by atoms with van der Waals surface area (Å²) in [5.74, 6) is -2.17. The van der Waals surface area contributed by atoms with Crippen molar-refractivity contribution >= 4 is 43.6 Å². The minimum absolute atomic E-state index is 0. The molecule has 0 fully saturated rings. The number of carbonyl (C=O) groups excluding carboxylic acids is 2. The number of aliphatic carboxylic acids is 2. The van der Waals surface area contributed by atoms with Crippen molar-refractivity contribution in [1.82, 2.24) is 0 Å². The summed E-state index contributed by atoms with van der Waals surface area (Å²) in [5, 5.41) is 17.8. The van der Waals surface area contributed by atoms with Crippen LogP contribution in [-0.2, 0) is 30.0 Å². The van der Waals surface area contributed by atoms with Gasteiger partial charge in [-0.15, -0.1) is 31.7 Å². The molecule has 0 aliphatic rings. The van der Waals surface area contributed by atoms with Crippen molar-refractivity contribution in [3.05, 3.63) is 0 Å². The monoisotopic (exact) mass is 1030 g/mol. The van der Waals surface area contributed by atoms with Crippen LogP contribution in [0.2, 0.25) is 0 Å². The Bertz CT molecular complexity index is 558. The first-order valence-corrected chi connectivity index (χ1v) is 33.7. The van der Waals surface area contributed by atoms with Gasteiger partial charge in [0.15, 0.2) is 0 Å². The van der Waals surface area contributed by atoms with Gasteiger partial charge in [-0.05, 0) is 165 Å². The fourth-order valence-corrected chi connectivity index (χ4v) is 17.8. The molecule has 0 N–H and O–H groups in total. The van der Waals surface area contributed by atoms with Gasteiger partial charge >= 0.3 is 20.4 Å². The number of carboxylic acids is 2. The Balaban J connectivity index is -0.000000119. The van der Waals surface area contributed by atoms with Gasteiger partial charge in [0.25, 0.3) is 0 Å². The fraction of sp³-hybridized carbons (Fsp3) is 0.962. The molecule has 0 unspecified atom stereocenters. The predicted molar refractivity (Wildman–Crippen MR) is 286 cm³/mol. The van der Waals surface area contributed by atoms with Crippen LogP contribution in [0.3, 0.4) is 0 Å². The van der Waals surface area contributed by atoms with Gasteiger partial charge in [-0.25, -0.2) is 0 Å². The molecule has 376 valence electrons. The summed E-state index contributed by atoms with van der Waals surface area (Å²) in [6.45, 7) is 29.7. The van der Waals surface area contributed by atoms with Gasteiger partial charge in [0, 0.05) is 11.9 Å². The molecule has 0 aliphatic heterocycles. The van der Waals surface area contributed by atoms with Crippen molar-refractivity contribution in [3.63, 3.8) is 0 Å². The minimum Gasteiger partial charge on any atom is -0.550 e. The Kier molecular flexibility index (Phi) is 91.5. The summed E-state index contributed by atoms with van der Waals surface area (Å²) in [4.78, 5) is 17.8. The second-order valence-corrected chi connectivity index (χ2v) is 27.3. The Hall–Kier alpha value is 1.32. The summed E-state index contributed by atoms with van der Waals surface area (Å²) in [6.07, 6.45) is 52.9. The number of unbranched alkanes of at least 4 members (excludes halogenated alkanes) is 12. The molecule has 61 heavy (non-hydrogen) atoms. The topological polar surface area (TPSA) is 80.3 Å². The molecule has 0 bridgehead atoms. The largest absolute Gasteiger partial charge is 2.00 e. The second-order valence-electron chi connectivity index (χ2n) is 16.6. The van der Waals surface area contributed by atoms with Crippen molar-refractivity contribution in [2.24, 2.45) is 0 Å². The maximum Gasteiger partial charge on any atom is 2.00 e. The second kappa shape index (κ2) is 72.9. The standard InChI is InChI=1S/4C12H27P.2C2H4O2.Pd/c4*1-4-7-10-13(11-8-5-2)12-9-6-3;2*1-2(3)4;/h4*4-12H2,1-3H3;2*1H3,(H,3,4);/q;;;;;;+2/p-2. The summed E-state index contributed by atoms with van der Waals surface area (Å²) in [7, 11) is 1.69. The first-order valence-electron chi connectivity index (χ1n) is 26.1. The molecule has 9 heteroatoms. The SMILES string of the molecule is CC(=O)[O-].CC(=O)[O-].CCCCP(CCCC)CCCC.CCCCP(CCCC)CCCC.CCCCP(CCCC)CCCC.CCCCP(CCCC)CCCC.[Pd+2].